The SMILES string of the molecule is CC1=NN(c2cn[nH]c2)C(c2cnoc2)O1. The maximum atomic E-state index is 5.58. The van der Waals surface area contributed by atoms with Gasteiger partial charge in [-0.3, -0.25) is 5.10 Å². The highest BCUT2D eigenvalue weighted by atomic mass is 16.5. The molecule has 1 N–H and O–H groups in total. The average Bonchev–Trinajstić information content (AvgIpc) is 2.98. The molecule has 0 aromatic carbocycles. The number of hydrazone groups is 1. The Hall–Kier alpha value is -2.31. The molecule has 7 heteroatoms. The molecular formula is C9H9N5O2. The molecule has 1 atom stereocenters. The lowest BCUT2D eigenvalue weighted by molar-refractivity contribution is 0.214. The monoisotopic (exact) mass is 219 g/mol. The second kappa shape index (κ2) is 3.37. The van der Waals surface area contributed by atoms with Crippen LogP contribution in [0.3, 0.4) is 0 Å². The minimum Gasteiger partial charge on any atom is -0.450 e. The van der Waals surface area contributed by atoms with Crippen molar-refractivity contribution in [2.75, 3.05) is 5.01 Å². The molecular weight excluding hydrogens is 210 g/mol. The molecule has 0 spiro atoms. The summed E-state index contributed by atoms with van der Waals surface area (Å²) in [5, 5.41) is 16.2. The molecule has 0 radical (unpaired) electrons. The van der Waals surface area contributed by atoms with Crippen LogP contribution in [0.25, 0.3) is 0 Å². The summed E-state index contributed by atoms with van der Waals surface area (Å²) in [4.78, 5) is 0. The van der Waals surface area contributed by atoms with Gasteiger partial charge in [0.2, 0.25) is 12.1 Å². The number of H-pyrrole nitrogens is 1. The normalized spacial score (nSPS) is 19.7. The second-order valence-corrected chi connectivity index (χ2v) is 3.35. The molecule has 82 valence electrons. The van der Waals surface area contributed by atoms with Gasteiger partial charge in [-0.15, -0.1) is 5.10 Å². The standard InChI is InChI=1S/C9H9N5O2/c1-6-13-14(8-3-10-11-4-8)9(16-6)7-2-12-15-5-7/h2-5,9H,1H3,(H,10,11). The molecule has 3 rings (SSSR count). The van der Waals surface area contributed by atoms with Gasteiger partial charge in [-0.2, -0.15) is 5.10 Å². The predicted octanol–water partition coefficient (Wildman–Crippen LogP) is 1.27. The van der Waals surface area contributed by atoms with Crippen LogP contribution >= 0.6 is 0 Å². The summed E-state index contributed by atoms with van der Waals surface area (Å²) in [5.74, 6) is 0.590. The highest BCUT2D eigenvalue weighted by Gasteiger charge is 2.30. The van der Waals surface area contributed by atoms with Gasteiger partial charge in [0.25, 0.3) is 0 Å². The van der Waals surface area contributed by atoms with Crippen LogP contribution in [0.5, 0.6) is 0 Å². The summed E-state index contributed by atoms with van der Waals surface area (Å²) in [6.45, 7) is 1.79. The highest BCUT2D eigenvalue weighted by Crippen LogP contribution is 2.32. The van der Waals surface area contributed by atoms with Gasteiger partial charge in [-0.25, -0.2) is 5.01 Å². The van der Waals surface area contributed by atoms with Crippen molar-refractivity contribution in [1.82, 2.24) is 15.4 Å². The Balaban J connectivity index is 1.96. The number of anilines is 1. The first-order valence-electron chi connectivity index (χ1n) is 4.74. The van der Waals surface area contributed by atoms with E-state index in [1.165, 1.54) is 6.26 Å². The van der Waals surface area contributed by atoms with Gasteiger partial charge in [0, 0.05) is 13.1 Å². The van der Waals surface area contributed by atoms with Crippen molar-refractivity contribution in [2.24, 2.45) is 5.10 Å². The van der Waals surface area contributed by atoms with Gasteiger partial charge >= 0.3 is 0 Å². The second-order valence-electron chi connectivity index (χ2n) is 3.35. The van der Waals surface area contributed by atoms with Crippen LogP contribution in [0.2, 0.25) is 0 Å². The average molecular weight is 219 g/mol. The van der Waals surface area contributed by atoms with Gasteiger partial charge in [0.05, 0.1) is 18.0 Å². The van der Waals surface area contributed by atoms with E-state index in [0.29, 0.717) is 5.90 Å². The van der Waals surface area contributed by atoms with Crippen molar-refractivity contribution in [3.63, 3.8) is 0 Å². The van der Waals surface area contributed by atoms with Crippen LogP contribution in [0.1, 0.15) is 18.7 Å². The first kappa shape index (κ1) is 8.96. The molecule has 1 unspecified atom stereocenters. The fourth-order valence-corrected chi connectivity index (χ4v) is 1.55. The summed E-state index contributed by atoms with van der Waals surface area (Å²) >= 11 is 0. The summed E-state index contributed by atoms with van der Waals surface area (Å²) in [7, 11) is 0. The van der Waals surface area contributed by atoms with E-state index in [1.807, 2.05) is 0 Å². The van der Waals surface area contributed by atoms with Crippen LogP contribution in [0.15, 0.2) is 34.5 Å². The minimum absolute atomic E-state index is 0.344. The molecule has 1 aliphatic rings. The van der Waals surface area contributed by atoms with Gasteiger partial charge in [-0.1, -0.05) is 5.16 Å². The Morgan fingerprint density at radius 2 is 2.38 bits per heavy atom. The highest BCUT2D eigenvalue weighted by molar-refractivity contribution is 5.77. The van der Waals surface area contributed by atoms with E-state index < -0.39 is 0 Å². The Morgan fingerprint density at radius 3 is 3.06 bits per heavy atom. The third-order valence-electron chi connectivity index (χ3n) is 2.24. The zero-order valence-corrected chi connectivity index (χ0v) is 8.49. The van der Waals surface area contributed by atoms with Crippen molar-refractivity contribution >= 4 is 11.6 Å². The van der Waals surface area contributed by atoms with Crippen LogP contribution in [-0.2, 0) is 4.74 Å². The summed E-state index contributed by atoms with van der Waals surface area (Å²) in [5.41, 5.74) is 1.63. The summed E-state index contributed by atoms with van der Waals surface area (Å²) < 4.78 is 10.4. The van der Waals surface area contributed by atoms with Crippen LogP contribution in [0, 0.1) is 0 Å². The van der Waals surface area contributed by atoms with Crippen molar-refractivity contribution < 1.29 is 9.26 Å². The van der Waals surface area contributed by atoms with Crippen molar-refractivity contribution in [1.29, 1.82) is 0 Å². The molecule has 0 bridgehead atoms. The molecule has 2 aromatic rings. The molecule has 2 aromatic heterocycles. The van der Waals surface area contributed by atoms with E-state index in [1.54, 1.807) is 30.5 Å². The minimum atomic E-state index is -0.344. The number of hydrogen-bond donors (Lipinski definition) is 1. The number of ether oxygens (including phenoxy) is 1. The van der Waals surface area contributed by atoms with E-state index in [4.69, 9.17) is 9.26 Å². The maximum Gasteiger partial charge on any atom is 0.224 e. The lowest BCUT2D eigenvalue weighted by Gasteiger charge is -2.18. The molecule has 3 heterocycles. The number of nitrogens with one attached hydrogen (secondary N) is 1. The lowest BCUT2D eigenvalue weighted by Crippen LogP contribution is -2.18. The zero-order valence-electron chi connectivity index (χ0n) is 8.49. The number of nitrogens with zero attached hydrogens (tertiary/aromatic N) is 4. The van der Waals surface area contributed by atoms with Gasteiger partial charge in [0.15, 0.2) is 0 Å². The van der Waals surface area contributed by atoms with Crippen molar-refractivity contribution in [2.45, 2.75) is 13.2 Å². The largest absolute Gasteiger partial charge is 0.450 e. The Bertz CT molecular complexity index is 490. The molecule has 0 fully saturated rings. The third-order valence-corrected chi connectivity index (χ3v) is 2.24. The lowest BCUT2D eigenvalue weighted by atomic mass is 10.3. The maximum absolute atomic E-state index is 5.58. The van der Waals surface area contributed by atoms with E-state index in [9.17, 15) is 0 Å². The molecule has 0 saturated heterocycles. The molecule has 0 saturated carbocycles. The first-order valence-corrected chi connectivity index (χ1v) is 4.74. The van der Waals surface area contributed by atoms with E-state index in [-0.39, 0.29) is 6.23 Å². The topological polar surface area (TPSA) is 79.5 Å². The number of aromatic nitrogens is 3. The van der Waals surface area contributed by atoms with Gasteiger partial charge in [-0.05, 0) is 0 Å². The molecule has 0 aliphatic carbocycles. The first-order chi connectivity index (χ1) is 7.84. The zero-order chi connectivity index (χ0) is 11.0. The number of aromatic amines is 1. The van der Waals surface area contributed by atoms with Gasteiger partial charge in [0.1, 0.15) is 12.0 Å². The number of rotatable bonds is 2. The molecule has 1 aliphatic heterocycles. The molecule has 0 amide bonds. The summed E-state index contributed by atoms with van der Waals surface area (Å²) in [6, 6.07) is 0. The van der Waals surface area contributed by atoms with Crippen LogP contribution in [-0.4, -0.2) is 21.3 Å². The van der Waals surface area contributed by atoms with E-state index in [0.717, 1.165) is 11.3 Å². The number of hydrogen-bond acceptors (Lipinski definition) is 6. The van der Waals surface area contributed by atoms with Crippen LogP contribution in [0.4, 0.5) is 5.69 Å². The van der Waals surface area contributed by atoms with Gasteiger partial charge < -0.3 is 9.26 Å². The third kappa shape index (κ3) is 1.33. The van der Waals surface area contributed by atoms with Crippen molar-refractivity contribution in [3.05, 3.63) is 30.4 Å². The van der Waals surface area contributed by atoms with Crippen LogP contribution < -0.4 is 5.01 Å². The smallest absolute Gasteiger partial charge is 0.224 e. The Kier molecular flexibility index (Phi) is 1.89. The fraction of sp³-hybridized carbons (Fsp3) is 0.222. The van der Waals surface area contributed by atoms with E-state index in [2.05, 4.69) is 20.5 Å². The fourth-order valence-electron chi connectivity index (χ4n) is 1.55. The Labute approximate surface area is 90.7 Å². The molecule has 7 nitrogen and oxygen atoms in total. The predicted molar refractivity (Wildman–Crippen MR) is 54.5 cm³/mol. The molecule has 16 heavy (non-hydrogen) atoms. The quantitative estimate of drug-likeness (QED) is 0.822. The Morgan fingerprint density at radius 1 is 1.44 bits per heavy atom. The van der Waals surface area contributed by atoms with Crippen molar-refractivity contribution in [3.8, 4) is 0 Å². The van der Waals surface area contributed by atoms with E-state index >= 15 is 0 Å². The summed E-state index contributed by atoms with van der Waals surface area (Å²) in [6.07, 6.45) is 6.21.